The number of aromatic amines is 1. The number of hydrogen-bond donors (Lipinski definition) is 2. The number of aromatic nitrogens is 5. The third-order valence-electron chi connectivity index (χ3n) is 7.01. The Morgan fingerprint density at radius 3 is 2.71 bits per heavy atom. The summed E-state index contributed by atoms with van der Waals surface area (Å²) in [5, 5.41) is 30.1. The van der Waals surface area contributed by atoms with Crippen molar-refractivity contribution in [2.24, 2.45) is 0 Å². The maximum atomic E-state index is 9.87. The molecule has 2 N–H and O–H groups in total. The minimum atomic E-state index is -0.185. The minimum Gasteiger partial charge on any atom is -0.486 e. The summed E-state index contributed by atoms with van der Waals surface area (Å²) >= 11 is 0. The number of piperazine rings is 1. The van der Waals surface area contributed by atoms with Crippen LogP contribution in [0.25, 0.3) is 22.2 Å². The lowest BCUT2D eigenvalue weighted by Gasteiger charge is -2.48. The summed E-state index contributed by atoms with van der Waals surface area (Å²) in [6.07, 6.45) is 4.59. The van der Waals surface area contributed by atoms with Crippen molar-refractivity contribution in [3.63, 3.8) is 0 Å². The number of fused-ring (bicyclic) bond motifs is 3. The zero-order valence-electron chi connectivity index (χ0n) is 19.9. The van der Waals surface area contributed by atoms with E-state index in [9.17, 15) is 5.26 Å². The molecular formula is C26H26N8O. The number of anilines is 1. The first-order valence-corrected chi connectivity index (χ1v) is 11.8. The number of ether oxygens (including phenoxy) is 1. The number of pyridine rings is 1. The second kappa shape index (κ2) is 8.32. The van der Waals surface area contributed by atoms with E-state index >= 15 is 0 Å². The molecule has 176 valence electrons. The van der Waals surface area contributed by atoms with E-state index in [4.69, 9.17) is 9.72 Å². The van der Waals surface area contributed by atoms with Gasteiger partial charge in [0.1, 0.15) is 29.4 Å². The van der Waals surface area contributed by atoms with Crippen LogP contribution in [0.3, 0.4) is 0 Å². The van der Waals surface area contributed by atoms with E-state index in [1.807, 2.05) is 51.2 Å². The average Bonchev–Trinajstić information content (AvgIpc) is 3.26. The molecule has 6 heterocycles. The number of nitrogens with one attached hydrogen (secondary N) is 2. The lowest BCUT2D eigenvalue weighted by molar-refractivity contribution is 0.224. The number of piperidine rings is 1. The molecule has 0 spiro atoms. The number of hydrogen-bond acceptors (Lipinski definition) is 8. The lowest BCUT2D eigenvalue weighted by atomic mass is 9.91. The summed E-state index contributed by atoms with van der Waals surface area (Å²) in [7, 11) is 0. The fourth-order valence-electron chi connectivity index (χ4n) is 5.38. The van der Waals surface area contributed by atoms with Crippen molar-refractivity contribution in [3.8, 4) is 23.1 Å². The zero-order chi connectivity index (χ0) is 24.1. The van der Waals surface area contributed by atoms with Crippen LogP contribution in [0.4, 0.5) is 5.82 Å². The molecule has 3 aliphatic heterocycles. The first kappa shape index (κ1) is 21.5. The van der Waals surface area contributed by atoms with Gasteiger partial charge in [-0.15, -0.1) is 0 Å². The molecule has 3 atom stereocenters. The van der Waals surface area contributed by atoms with E-state index in [1.165, 1.54) is 6.42 Å². The van der Waals surface area contributed by atoms with E-state index < -0.39 is 0 Å². The van der Waals surface area contributed by atoms with Gasteiger partial charge in [-0.1, -0.05) is 0 Å². The summed E-state index contributed by atoms with van der Waals surface area (Å²) in [5.41, 5.74) is 5.95. The highest BCUT2D eigenvalue weighted by Gasteiger charge is 2.37. The predicted molar refractivity (Wildman–Crippen MR) is 132 cm³/mol. The van der Waals surface area contributed by atoms with Crippen LogP contribution in [0, 0.1) is 25.2 Å². The predicted octanol–water partition coefficient (Wildman–Crippen LogP) is 3.59. The van der Waals surface area contributed by atoms with Crippen LogP contribution in [0.15, 0.2) is 36.7 Å². The molecule has 35 heavy (non-hydrogen) atoms. The molecule has 9 heteroatoms. The molecule has 2 bridgehead atoms. The maximum absolute atomic E-state index is 9.87. The van der Waals surface area contributed by atoms with Gasteiger partial charge in [-0.05, 0) is 57.0 Å². The number of nitriles is 1. The van der Waals surface area contributed by atoms with Crippen LogP contribution in [-0.2, 0) is 0 Å². The van der Waals surface area contributed by atoms with Crippen molar-refractivity contribution in [1.29, 1.82) is 5.26 Å². The fourth-order valence-corrected chi connectivity index (χ4v) is 5.38. The molecule has 1 aromatic carbocycles. The zero-order valence-corrected chi connectivity index (χ0v) is 19.9. The molecule has 4 aromatic rings. The fraction of sp³-hybridized carbons (Fsp3) is 0.346. The van der Waals surface area contributed by atoms with E-state index in [-0.39, 0.29) is 6.10 Å². The van der Waals surface area contributed by atoms with Crippen LogP contribution in [0.2, 0.25) is 0 Å². The largest absolute Gasteiger partial charge is 0.486 e. The second-order valence-electron chi connectivity index (χ2n) is 9.47. The van der Waals surface area contributed by atoms with Gasteiger partial charge in [0.25, 0.3) is 0 Å². The molecule has 9 nitrogen and oxygen atoms in total. The van der Waals surface area contributed by atoms with Gasteiger partial charge in [0.05, 0.1) is 23.0 Å². The van der Waals surface area contributed by atoms with Gasteiger partial charge in [0.15, 0.2) is 0 Å². The van der Waals surface area contributed by atoms with Gasteiger partial charge in [-0.2, -0.15) is 20.6 Å². The second-order valence-corrected chi connectivity index (χ2v) is 9.47. The van der Waals surface area contributed by atoms with Crippen molar-refractivity contribution in [1.82, 2.24) is 30.7 Å². The summed E-state index contributed by atoms with van der Waals surface area (Å²) in [5.74, 6) is 1.48. The highest BCUT2D eigenvalue weighted by Crippen LogP contribution is 2.34. The molecule has 2 unspecified atom stereocenters. The van der Waals surface area contributed by atoms with Gasteiger partial charge in [-0.3, -0.25) is 5.10 Å². The molecule has 0 amide bonds. The van der Waals surface area contributed by atoms with Crippen molar-refractivity contribution in [2.45, 2.75) is 45.4 Å². The highest BCUT2D eigenvalue weighted by atomic mass is 16.5. The summed E-state index contributed by atoms with van der Waals surface area (Å²) in [6.45, 7) is 7.74. The number of nitrogens with zero attached hydrogens (tertiary/aromatic N) is 6. The van der Waals surface area contributed by atoms with Gasteiger partial charge in [0, 0.05) is 47.9 Å². The monoisotopic (exact) mass is 466 g/mol. The highest BCUT2D eigenvalue weighted by molar-refractivity contribution is 5.94. The van der Waals surface area contributed by atoms with E-state index in [0.717, 1.165) is 63.6 Å². The van der Waals surface area contributed by atoms with Crippen LogP contribution >= 0.6 is 0 Å². The number of rotatable bonds is 5. The van der Waals surface area contributed by atoms with Crippen LogP contribution in [-0.4, -0.2) is 50.6 Å². The van der Waals surface area contributed by atoms with Gasteiger partial charge < -0.3 is 15.0 Å². The Hall–Kier alpha value is -4.03. The maximum Gasteiger partial charge on any atom is 0.146 e. The molecule has 3 aliphatic rings. The third-order valence-corrected chi connectivity index (χ3v) is 7.01. The van der Waals surface area contributed by atoms with Crippen LogP contribution in [0.1, 0.15) is 41.8 Å². The van der Waals surface area contributed by atoms with Crippen LogP contribution in [0.5, 0.6) is 5.75 Å². The van der Waals surface area contributed by atoms with Crippen molar-refractivity contribution in [2.75, 3.05) is 18.0 Å². The molecule has 3 fully saturated rings. The molecule has 3 saturated heterocycles. The van der Waals surface area contributed by atoms with Crippen molar-refractivity contribution in [3.05, 3.63) is 59.0 Å². The first-order chi connectivity index (χ1) is 17.0. The molecule has 3 aromatic heterocycles. The van der Waals surface area contributed by atoms with E-state index in [1.54, 1.807) is 6.20 Å². The number of benzene rings is 1. The average molecular weight is 467 g/mol. The van der Waals surface area contributed by atoms with Crippen molar-refractivity contribution < 1.29 is 4.74 Å². The van der Waals surface area contributed by atoms with E-state index in [2.05, 4.69) is 36.7 Å². The quantitative estimate of drug-likeness (QED) is 0.458. The van der Waals surface area contributed by atoms with Gasteiger partial charge in [0.2, 0.25) is 0 Å². The number of aryl methyl sites for hydroxylation is 2. The summed E-state index contributed by atoms with van der Waals surface area (Å²) in [4.78, 5) is 6.91. The molecule has 0 saturated carbocycles. The standard InChI is InChI=1S/C26H26N8O/c1-14-10-29-31-15(2)24(14)16(3)35-21-4-5-23-22(8-21)25(33-32-23)18-6-17(9-27)26(28-11-18)34-12-19-7-20(13-34)30-19/h4-6,8,10-11,16,19-20,30H,7,12-13H2,1-3H3,(H,32,33)/t16-,19?,20?/m1/s1. The Bertz CT molecular complexity index is 1440. The first-order valence-electron chi connectivity index (χ1n) is 11.8. The normalized spacial score (nSPS) is 19.8. The Labute approximate surface area is 203 Å². The van der Waals surface area contributed by atoms with Gasteiger partial charge in [-0.25, -0.2) is 4.98 Å². The summed E-state index contributed by atoms with van der Waals surface area (Å²) < 4.78 is 6.30. The Kier molecular flexibility index (Phi) is 5.11. The smallest absolute Gasteiger partial charge is 0.146 e. The van der Waals surface area contributed by atoms with Crippen LogP contribution < -0.4 is 15.0 Å². The lowest BCUT2D eigenvalue weighted by Crippen LogP contribution is -2.67. The molecule has 7 rings (SSSR count). The van der Waals surface area contributed by atoms with Gasteiger partial charge >= 0.3 is 0 Å². The minimum absolute atomic E-state index is 0.185. The molecular weight excluding hydrogens is 440 g/mol. The van der Waals surface area contributed by atoms with E-state index in [0.29, 0.717) is 17.6 Å². The topological polar surface area (TPSA) is 116 Å². The van der Waals surface area contributed by atoms with Crippen molar-refractivity contribution >= 4 is 16.7 Å². The molecule has 0 radical (unpaired) electrons. The molecule has 0 aliphatic carbocycles. The Balaban J connectivity index is 1.31. The SMILES string of the molecule is Cc1cnnc(C)c1[C@@H](C)Oc1ccc2[nH]nc(-c3cnc(N4CC5CC(C4)N5)c(C#N)c3)c2c1. The third kappa shape index (κ3) is 3.76. The Morgan fingerprint density at radius 2 is 1.97 bits per heavy atom. The Morgan fingerprint density at radius 1 is 1.17 bits per heavy atom. The number of H-pyrrole nitrogens is 1. The summed E-state index contributed by atoms with van der Waals surface area (Å²) in [6, 6.07) is 11.1.